The molecule has 0 amide bonds. The fourth-order valence-corrected chi connectivity index (χ4v) is 1.23. The third kappa shape index (κ3) is 2.96. The van der Waals surface area contributed by atoms with Gasteiger partial charge in [0.15, 0.2) is 0 Å². The summed E-state index contributed by atoms with van der Waals surface area (Å²) in [4.78, 5) is 12.8. The zero-order chi connectivity index (χ0) is 11.3. The van der Waals surface area contributed by atoms with Gasteiger partial charge < -0.3 is 0 Å². The molecule has 0 heterocycles. The zero-order valence-electron chi connectivity index (χ0n) is 8.25. The van der Waals surface area contributed by atoms with E-state index in [9.17, 15) is 10.1 Å². The van der Waals surface area contributed by atoms with Gasteiger partial charge in [0.05, 0.1) is 4.92 Å². The van der Waals surface area contributed by atoms with Crippen LogP contribution < -0.4 is 0 Å². The average molecular weight is 206 g/mol. The summed E-state index contributed by atoms with van der Waals surface area (Å²) in [5, 5.41) is 14.0. The lowest BCUT2D eigenvalue weighted by atomic mass is 10.1. The van der Waals surface area contributed by atoms with Crippen LogP contribution in [0.1, 0.15) is 11.1 Å². The molecule has 0 aliphatic heterocycles. The lowest BCUT2D eigenvalue weighted by molar-refractivity contribution is -0.385. The van der Waals surface area contributed by atoms with E-state index >= 15 is 0 Å². The van der Waals surface area contributed by atoms with Crippen molar-refractivity contribution in [2.24, 2.45) is 5.11 Å². The molecule has 0 aliphatic rings. The van der Waals surface area contributed by atoms with Crippen molar-refractivity contribution in [3.8, 4) is 0 Å². The van der Waals surface area contributed by atoms with Crippen molar-refractivity contribution < 1.29 is 4.92 Å². The maximum Gasteiger partial charge on any atom is 0.272 e. The normalized spacial score (nSPS) is 9.40. The molecule has 0 spiro atoms. The number of azide groups is 1. The molecule has 0 bridgehead atoms. The van der Waals surface area contributed by atoms with Crippen molar-refractivity contribution in [2.45, 2.75) is 13.3 Å². The first-order chi connectivity index (χ1) is 7.15. The Labute approximate surface area is 86.3 Å². The van der Waals surface area contributed by atoms with Crippen LogP contribution in [0.25, 0.3) is 10.4 Å². The number of hydrogen-bond acceptors (Lipinski definition) is 3. The van der Waals surface area contributed by atoms with Crippen molar-refractivity contribution in [1.29, 1.82) is 0 Å². The van der Waals surface area contributed by atoms with Crippen molar-refractivity contribution in [2.75, 3.05) is 6.54 Å². The summed E-state index contributed by atoms with van der Waals surface area (Å²) in [6.07, 6.45) is 0.519. The monoisotopic (exact) mass is 206 g/mol. The molecule has 1 aromatic rings. The third-order valence-corrected chi connectivity index (χ3v) is 2.03. The molecule has 78 valence electrons. The molecular weight excluding hydrogens is 196 g/mol. The van der Waals surface area contributed by atoms with Gasteiger partial charge in [0.2, 0.25) is 0 Å². The fraction of sp³-hybridized carbons (Fsp3) is 0.333. The first-order valence-electron chi connectivity index (χ1n) is 4.40. The molecule has 6 nitrogen and oxygen atoms in total. The highest BCUT2D eigenvalue weighted by atomic mass is 16.6. The van der Waals surface area contributed by atoms with Crippen molar-refractivity contribution in [3.05, 3.63) is 49.9 Å². The molecule has 0 saturated carbocycles. The summed E-state index contributed by atoms with van der Waals surface area (Å²) in [6, 6.07) is 5.01. The van der Waals surface area contributed by atoms with Gasteiger partial charge in [0.1, 0.15) is 0 Å². The van der Waals surface area contributed by atoms with Crippen molar-refractivity contribution in [3.63, 3.8) is 0 Å². The number of nitrogens with zero attached hydrogens (tertiary/aromatic N) is 4. The van der Waals surface area contributed by atoms with Gasteiger partial charge in [-0.1, -0.05) is 17.2 Å². The van der Waals surface area contributed by atoms with Crippen LogP contribution in [-0.4, -0.2) is 11.5 Å². The molecule has 0 aromatic heterocycles. The summed E-state index contributed by atoms with van der Waals surface area (Å²) >= 11 is 0. The quantitative estimate of drug-likeness (QED) is 0.249. The van der Waals surface area contributed by atoms with Crippen LogP contribution in [0, 0.1) is 17.0 Å². The van der Waals surface area contributed by atoms with Gasteiger partial charge in [-0.25, -0.2) is 0 Å². The zero-order valence-corrected chi connectivity index (χ0v) is 8.25. The highest BCUT2D eigenvalue weighted by Gasteiger charge is 2.10. The number of benzene rings is 1. The highest BCUT2D eigenvalue weighted by Crippen LogP contribution is 2.19. The van der Waals surface area contributed by atoms with Crippen LogP contribution in [0.2, 0.25) is 0 Å². The first-order valence-corrected chi connectivity index (χ1v) is 4.40. The Morgan fingerprint density at radius 3 is 2.93 bits per heavy atom. The van der Waals surface area contributed by atoms with Crippen LogP contribution in [0.4, 0.5) is 5.69 Å². The van der Waals surface area contributed by atoms with E-state index in [1.165, 1.54) is 6.07 Å². The predicted octanol–water partition coefficient (Wildman–Crippen LogP) is 2.76. The Morgan fingerprint density at radius 1 is 1.60 bits per heavy atom. The van der Waals surface area contributed by atoms with E-state index in [1.54, 1.807) is 19.1 Å². The third-order valence-electron chi connectivity index (χ3n) is 2.03. The van der Waals surface area contributed by atoms with E-state index in [2.05, 4.69) is 10.0 Å². The Hall–Kier alpha value is -2.07. The summed E-state index contributed by atoms with van der Waals surface area (Å²) in [5.74, 6) is 0. The number of rotatable bonds is 4. The van der Waals surface area contributed by atoms with Gasteiger partial charge >= 0.3 is 0 Å². The Morgan fingerprint density at radius 2 is 2.33 bits per heavy atom. The number of hydrogen-bond donors (Lipinski definition) is 0. The Bertz CT molecular complexity index is 424. The largest absolute Gasteiger partial charge is 0.272 e. The van der Waals surface area contributed by atoms with Gasteiger partial charge in [0, 0.05) is 23.1 Å². The van der Waals surface area contributed by atoms with Crippen LogP contribution in [-0.2, 0) is 6.42 Å². The summed E-state index contributed by atoms with van der Waals surface area (Å²) in [7, 11) is 0. The molecule has 0 unspecified atom stereocenters. The summed E-state index contributed by atoms with van der Waals surface area (Å²) in [6.45, 7) is 2.01. The second-order valence-corrected chi connectivity index (χ2v) is 3.08. The highest BCUT2D eigenvalue weighted by molar-refractivity contribution is 5.42. The minimum Gasteiger partial charge on any atom is -0.258 e. The van der Waals surface area contributed by atoms with Crippen molar-refractivity contribution in [1.82, 2.24) is 0 Å². The average Bonchev–Trinajstić information content (AvgIpc) is 2.20. The second-order valence-electron chi connectivity index (χ2n) is 3.08. The van der Waals surface area contributed by atoms with E-state index in [4.69, 9.17) is 5.53 Å². The summed E-state index contributed by atoms with van der Waals surface area (Å²) in [5.41, 5.74) is 9.62. The minimum absolute atomic E-state index is 0.105. The van der Waals surface area contributed by atoms with Gasteiger partial charge in [-0.2, -0.15) is 0 Å². The lowest BCUT2D eigenvalue weighted by Crippen LogP contribution is -1.95. The van der Waals surface area contributed by atoms with E-state index in [1.807, 2.05) is 0 Å². The van der Waals surface area contributed by atoms with Gasteiger partial charge in [-0.05, 0) is 24.4 Å². The number of aryl methyl sites for hydroxylation is 1. The van der Waals surface area contributed by atoms with E-state index < -0.39 is 4.92 Å². The Kier molecular flexibility index (Phi) is 3.65. The maximum atomic E-state index is 10.6. The molecule has 0 saturated heterocycles. The molecular formula is C9H10N4O2. The van der Waals surface area contributed by atoms with Gasteiger partial charge in [0.25, 0.3) is 5.69 Å². The van der Waals surface area contributed by atoms with E-state index in [-0.39, 0.29) is 5.69 Å². The van der Waals surface area contributed by atoms with Crippen molar-refractivity contribution >= 4 is 5.69 Å². The molecule has 0 atom stereocenters. The van der Waals surface area contributed by atoms with E-state index in [0.717, 1.165) is 5.56 Å². The predicted molar refractivity (Wildman–Crippen MR) is 55.6 cm³/mol. The Balaban J connectivity index is 2.87. The van der Waals surface area contributed by atoms with Crippen LogP contribution in [0.3, 0.4) is 0 Å². The summed E-state index contributed by atoms with van der Waals surface area (Å²) < 4.78 is 0. The SMILES string of the molecule is Cc1ccc(CCN=[N+]=[N-])cc1[N+](=O)[O-]. The smallest absolute Gasteiger partial charge is 0.258 e. The van der Waals surface area contributed by atoms with Crippen LogP contribution >= 0.6 is 0 Å². The molecule has 15 heavy (non-hydrogen) atoms. The molecule has 0 N–H and O–H groups in total. The van der Waals surface area contributed by atoms with Gasteiger partial charge in [-0.15, -0.1) is 0 Å². The molecule has 0 radical (unpaired) electrons. The minimum atomic E-state index is -0.410. The standard InChI is InChI=1S/C9H10N4O2/c1-7-2-3-8(4-5-11-12-10)6-9(7)13(14)15/h2-3,6H,4-5H2,1H3. The van der Waals surface area contributed by atoms with Crippen LogP contribution in [0.15, 0.2) is 23.3 Å². The van der Waals surface area contributed by atoms with Crippen LogP contribution in [0.5, 0.6) is 0 Å². The molecule has 0 fully saturated rings. The number of nitro groups is 1. The van der Waals surface area contributed by atoms with Gasteiger partial charge in [-0.3, -0.25) is 10.1 Å². The molecule has 0 aliphatic carbocycles. The molecule has 1 rings (SSSR count). The lowest BCUT2D eigenvalue weighted by Gasteiger charge is -2.00. The topological polar surface area (TPSA) is 91.9 Å². The molecule has 6 heteroatoms. The van der Waals surface area contributed by atoms with E-state index in [0.29, 0.717) is 18.5 Å². The molecule has 1 aromatic carbocycles. The number of nitro benzene ring substituents is 1. The first kappa shape index (κ1) is 11.0. The second kappa shape index (κ2) is 4.97. The maximum absolute atomic E-state index is 10.6. The fourth-order valence-electron chi connectivity index (χ4n) is 1.23.